The average Bonchev–Trinajstić information content (AvgIpc) is 3.20. The molecule has 0 unspecified atom stereocenters. The van der Waals surface area contributed by atoms with Crippen molar-refractivity contribution in [2.24, 2.45) is 0 Å². The maximum atomic E-state index is 13.6. The van der Waals surface area contributed by atoms with E-state index >= 15 is 0 Å². The Morgan fingerprint density at radius 2 is 1.92 bits per heavy atom. The second-order valence-electron chi connectivity index (χ2n) is 6.06. The van der Waals surface area contributed by atoms with E-state index in [1.807, 2.05) is 36.4 Å². The van der Waals surface area contributed by atoms with Crippen LogP contribution in [0.4, 0.5) is 4.39 Å². The monoisotopic (exact) mass is 335 g/mol. The predicted molar refractivity (Wildman–Crippen MR) is 94.7 cm³/mol. The lowest BCUT2D eigenvalue weighted by Crippen LogP contribution is -2.02. The van der Waals surface area contributed by atoms with Crippen LogP contribution in [0, 0.1) is 5.82 Å². The highest BCUT2D eigenvalue weighted by Gasteiger charge is 2.16. The molecule has 0 spiro atoms. The van der Waals surface area contributed by atoms with E-state index < -0.39 is 0 Å². The summed E-state index contributed by atoms with van der Waals surface area (Å²) in [5, 5.41) is 9.42. The van der Waals surface area contributed by atoms with Gasteiger partial charge in [-0.1, -0.05) is 37.3 Å². The first-order valence-electron chi connectivity index (χ1n) is 8.40. The molecule has 0 amide bonds. The Kier molecular flexibility index (Phi) is 4.06. The van der Waals surface area contributed by atoms with Gasteiger partial charge in [-0.15, -0.1) is 10.2 Å². The van der Waals surface area contributed by atoms with Crippen molar-refractivity contribution in [2.45, 2.75) is 26.3 Å². The first kappa shape index (κ1) is 15.6. The van der Waals surface area contributed by atoms with Gasteiger partial charge in [-0.3, -0.25) is 0 Å². The van der Waals surface area contributed by atoms with Crippen molar-refractivity contribution in [3.8, 4) is 11.6 Å². The number of fused-ring (bicyclic) bond motifs is 1. The van der Waals surface area contributed by atoms with Crippen LogP contribution in [0.1, 0.15) is 24.8 Å². The fourth-order valence-corrected chi connectivity index (χ4v) is 3.05. The summed E-state index contributed by atoms with van der Waals surface area (Å²) < 4.78 is 21.5. The fourth-order valence-electron chi connectivity index (χ4n) is 3.05. The van der Waals surface area contributed by atoms with Crippen molar-refractivity contribution in [3.05, 3.63) is 71.9 Å². The molecule has 5 heteroatoms. The second kappa shape index (κ2) is 6.51. The zero-order chi connectivity index (χ0) is 17.2. The Labute approximate surface area is 144 Å². The van der Waals surface area contributed by atoms with Gasteiger partial charge >= 0.3 is 0 Å². The summed E-state index contributed by atoms with van der Waals surface area (Å²) in [5.41, 5.74) is 2.79. The first-order valence-corrected chi connectivity index (χ1v) is 8.40. The molecule has 2 aromatic carbocycles. The van der Waals surface area contributed by atoms with Crippen LogP contribution >= 0.6 is 0 Å². The van der Waals surface area contributed by atoms with Gasteiger partial charge in [0.25, 0.3) is 5.89 Å². The van der Waals surface area contributed by atoms with Gasteiger partial charge in [-0.2, -0.15) is 0 Å². The predicted octanol–water partition coefficient (Wildman–Crippen LogP) is 4.83. The Bertz CT molecular complexity index is 1020. The summed E-state index contributed by atoms with van der Waals surface area (Å²) in [5.74, 6) is 0.898. The normalized spacial score (nSPS) is 11.3. The van der Waals surface area contributed by atoms with Gasteiger partial charge in [0.2, 0.25) is 5.89 Å². The molecule has 2 heterocycles. The fraction of sp³-hybridized carbons (Fsp3) is 0.200. The first-order chi connectivity index (χ1) is 12.2. The minimum atomic E-state index is -0.237. The molecular formula is C20H18FN3O. The minimum absolute atomic E-state index is 0.237. The molecule has 0 aliphatic carbocycles. The van der Waals surface area contributed by atoms with Crippen LogP contribution in [0.15, 0.2) is 59.0 Å². The van der Waals surface area contributed by atoms with E-state index in [-0.39, 0.29) is 5.82 Å². The van der Waals surface area contributed by atoms with Crippen molar-refractivity contribution in [2.75, 3.05) is 0 Å². The number of aromatic nitrogens is 3. The summed E-state index contributed by atoms with van der Waals surface area (Å²) in [7, 11) is 0. The zero-order valence-corrected chi connectivity index (χ0v) is 13.9. The Morgan fingerprint density at radius 1 is 1.04 bits per heavy atom. The second-order valence-corrected chi connectivity index (χ2v) is 6.06. The number of halogens is 1. The maximum Gasteiger partial charge on any atom is 0.264 e. The molecule has 0 saturated carbocycles. The minimum Gasteiger partial charge on any atom is -0.419 e. The molecule has 0 atom stereocenters. The molecule has 4 rings (SSSR count). The van der Waals surface area contributed by atoms with E-state index in [2.05, 4.69) is 21.7 Å². The van der Waals surface area contributed by atoms with Gasteiger partial charge in [-0.25, -0.2) is 4.39 Å². The molecule has 25 heavy (non-hydrogen) atoms. The van der Waals surface area contributed by atoms with Gasteiger partial charge in [-0.05, 0) is 36.2 Å². The number of aryl methyl sites for hydroxylation is 1. The maximum absolute atomic E-state index is 13.6. The van der Waals surface area contributed by atoms with Gasteiger partial charge in [0.15, 0.2) is 0 Å². The SMILES string of the molecule is CCCc1nnc(-c2cc3ccccc3n2Cc2cccc(F)c2)o1. The summed E-state index contributed by atoms with van der Waals surface area (Å²) in [6.07, 6.45) is 1.71. The average molecular weight is 335 g/mol. The van der Waals surface area contributed by atoms with Gasteiger partial charge in [0.1, 0.15) is 11.5 Å². The smallest absolute Gasteiger partial charge is 0.264 e. The Hall–Kier alpha value is -2.95. The molecular weight excluding hydrogens is 317 g/mol. The molecule has 0 aliphatic heterocycles. The highest BCUT2D eigenvalue weighted by atomic mass is 19.1. The lowest BCUT2D eigenvalue weighted by Gasteiger charge is -2.09. The third kappa shape index (κ3) is 3.05. The van der Waals surface area contributed by atoms with Crippen LogP contribution in [-0.4, -0.2) is 14.8 Å². The summed E-state index contributed by atoms with van der Waals surface area (Å²) >= 11 is 0. The standard InChI is InChI=1S/C20H18FN3O/c1-2-6-19-22-23-20(25-19)18-12-15-8-3-4-10-17(15)24(18)13-14-7-5-9-16(21)11-14/h3-5,7-12H,2,6,13H2,1H3. The topological polar surface area (TPSA) is 43.9 Å². The van der Waals surface area contributed by atoms with Crippen LogP contribution in [0.2, 0.25) is 0 Å². The summed E-state index contributed by atoms with van der Waals surface area (Å²) in [4.78, 5) is 0. The molecule has 2 aromatic heterocycles. The highest BCUT2D eigenvalue weighted by Crippen LogP contribution is 2.28. The van der Waals surface area contributed by atoms with E-state index in [0.717, 1.165) is 35.0 Å². The third-order valence-electron chi connectivity index (χ3n) is 4.19. The van der Waals surface area contributed by atoms with E-state index in [0.29, 0.717) is 18.3 Å². The van der Waals surface area contributed by atoms with Crippen molar-refractivity contribution < 1.29 is 8.81 Å². The number of para-hydroxylation sites is 1. The highest BCUT2D eigenvalue weighted by molar-refractivity contribution is 5.85. The van der Waals surface area contributed by atoms with Crippen LogP contribution in [0.5, 0.6) is 0 Å². The number of nitrogens with zero attached hydrogens (tertiary/aromatic N) is 3. The molecule has 0 fully saturated rings. The van der Waals surface area contributed by atoms with E-state index in [1.165, 1.54) is 6.07 Å². The van der Waals surface area contributed by atoms with E-state index in [9.17, 15) is 4.39 Å². The Balaban J connectivity index is 1.82. The van der Waals surface area contributed by atoms with Gasteiger partial charge in [0, 0.05) is 23.9 Å². The lowest BCUT2D eigenvalue weighted by molar-refractivity contribution is 0.498. The molecule has 126 valence electrons. The molecule has 0 radical (unpaired) electrons. The number of hydrogen-bond acceptors (Lipinski definition) is 3. The number of rotatable bonds is 5. The lowest BCUT2D eigenvalue weighted by atomic mass is 10.2. The van der Waals surface area contributed by atoms with Crippen molar-refractivity contribution in [1.82, 2.24) is 14.8 Å². The van der Waals surface area contributed by atoms with Gasteiger partial charge in [0.05, 0.1) is 0 Å². The van der Waals surface area contributed by atoms with Crippen LogP contribution < -0.4 is 0 Å². The number of benzene rings is 2. The van der Waals surface area contributed by atoms with Crippen LogP contribution in [0.3, 0.4) is 0 Å². The molecule has 0 N–H and O–H groups in total. The van der Waals surface area contributed by atoms with Gasteiger partial charge < -0.3 is 8.98 Å². The molecule has 4 nitrogen and oxygen atoms in total. The van der Waals surface area contributed by atoms with Crippen molar-refractivity contribution in [1.29, 1.82) is 0 Å². The van der Waals surface area contributed by atoms with Crippen molar-refractivity contribution in [3.63, 3.8) is 0 Å². The largest absolute Gasteiger partial charge is 0.419 e. The molecule has 4 aromatic rings. The third-order valence-corrected chi connectivity index (χ3v) is 4.19. The van der Waals surface area contributed by atoms with Crippen LogP contribution in [0.25, 0.3) is 22.5 Å². The molecule has 0 bridgehead atoms. The zero-order valence-electron chi connectivity index (χ0n) is 13.9. The summed E-state index contributed by atoms with van der Waals surface area (Å²) in [6.45, 7) is 2.61. The molecule has 0 saturated heterocycles. The van der Waals surface area contributed by atoms with E-state index in [4.69, 9.17) is 4.42 Å². The van der Waals surface area contributed by atoms with E-state index in [1.54, 1.807) is 12.1 Å². The van der Waals surface area contributed by atoms with Crippen LogP contribution in [-0.2, 0) is 13.0 Å². The Morgan fingerprint density at radius 3 is 2.76 bits per heavy atom. The number of hydrogen-bond donors (Lipinski definition) is 0. The quantitative estimate of drug-likeness (QED) is 0.524. The molecule has 0 aliphatic rings. The van der Waals surface area contributed by atoms with Crippen molar-refractivity contribution >= 4 is 10.9 Å². The summed E-state index contributed by atoms with van der Waals surface area (Å²) in [6, 6.07) is 16.8.